The van der Waals surface area contributed by atoms with Crippen molar-refractivity contribution in [3.05, 3.63) is 0 Å². The van der Waals surface area contributed by atoms with Gasteiger partial charge in [0, 0.05) is 19.3 Å². The van der Waals surface area contributed by atoms with E-state index in [2.05, 4.69) is 34.6 Å². The Morgan fingerprint density at radius 2 is 0.594 bits per heavy atom. The van der Waals surface area contributed by atoms with Gasteiger partial charge in [-0.3, -0.25) is 14.4 Å². The number of carbonyl (C=O) groups excluding carboxylic acids is 3. The lowest BCUT2D eigenvalue weighted by Crippen LogP contribution is -2.30. The van der Waals surface area contributed by atoms with Gasteiger partial charge in [-0.25, -0.2) is 0 Å². The highest BCUT2D eigenvalue weighted by Crippen LogP contribution is 2.18. The van der Waals surface area contributed by atoms with Gasteiger partial charge in [0.25, 0.3) is 0 Å². The highest BCUT2D eigenvalue weighted by Gasteiger charge is 2.19. The highest BCUT2D eigenvalue weighted by atomic mass is 16.6. The summed E-state index contributed by atoms with van der Waals surface area (Å²) in [5.41, 5.74) is 0. The monoisotopic (exact) mass is 905 g/mol. The molecule has 0 aliphatic carbocycles. The summed E-state index contributed by atoms with van der Waals surface area (Å²) >= 11 is 0. The van der Waals surface area contributed by atoms with Crippen LogP contribution in [0.25, 0.3) is 0 Å². The summed E-state index contributed by atoms with van der Waals surface area (Å²) in [6.07, 6.45) is 53.8. The molecule has 0 radical (unpaired) electrons. The topological polar surface area (TPSA) is 78.9 Å². The molecular formula is C58H112O6. The van der Waals surface area contributed by atoms with Gasteiger partial charge in [0.15, 0.2) is 6.10 Å². The lowest BCUT2D eigenvalue weighted by Gasteiger charge is -2.18. The Morgan fingerprint density at radius 1 is 0.328 bits per heavy atom. The molecule has 2 atom stereocenters. The number of ether oxygens (including phenoxy) is 3. The average Bonchev–Trinajstić information content (AvgIpc) is 3.28. The summed E-state index contributed by atoms with van der Waals surface area (Å²) in [5, 5.41) is 0. The molecule has 0 spiro atoms. The third-order valence-corrected chi connectivity index (χ3v) is 13.6. The summed E-state index contributed by atoms with van der Waals surface area (Å²) in [4.78, 5) is 38.1. The van der Waals surface area contributed by atoms with Gasteiger partial charge in [-0.15, -0.1) is 0 Å². The fraction of sp³-hybridized carbons (Fsp3) is 0.948. The van der Waals surface area contributed by atoms with Crippen LogP contribution in [0.2, 0.25) is 0 Å². The fourth-order valence-corrected chi connectivity index (χ4v) is 8.84. The van der Waals surface area contributed by atoms with Crippen molar-refractivity contribution in [2.75, 3.05) is 13.2 Å². The van der Waals surface area contributed by atoms with Crippen molar-refractivity contribution in [3.8, 4) is 0 Å². The summed E-state index contributed by atoms with van der Waals surface area (Å²) in [5.74, 6) is 0.887. The molecule has 1 unspecified atom stereocenters. The van der Waals surface area contributed by atoms with Crippen molar-refractivity contribution in [3.63, 3.8) is 0 Å². The van der Waals surface area contributed by atoms with E-state index in [0.717, 1.165) is 69.6 Å². The molecule has 0 fully saturated rings. The van der Waals surface area contributed by atoms with Crippen molar-refractivity contribution in [1.82, 2.24) is 0 Å². The molecule has 0 N–H and O–H groups in total. The number of esters is 3. The molecule has 0 bridgehead atoms. The van der Waals surface area contributed by atoms with Crippen LogP contribution in [0, 0.1) is 11.8 Å². The van der Waals surface area contributed by atoms with Gasteiger partial charge in [0.2, 0.25) is 0 Å². The molecule has 64 heavy (non-hydrogen) atoms. The van der Waals surface area contributed by atoms with Gasteiger partial charge in [-0.1, -0.05) is 285 Å². The fourth-order valence-electron chi connectivity index (χ4n) is 8.84. The van der Waals surface area contributed by atoms with Crippen LogP contribution in [-0.4, -0.2) is 37.2 Å². The molecule has 0 amide bonds. The normalized spacial score (nSPS) is 12.5. The molecule has 6 heteroatoms. The first-order chi connectivity index (χ1) is 31.3. The van der Waals surface area contributed by atoms with E-state index >= 15 is 0 Å². The predicted octanol–water partition coefficient (Wildman–Crippen LogP) is 18.9. The standard InChI is InChI=1S/C58H112O6/c1-6-8-9-10-11-12-21-28-33-38-43-48-56(59)62-51-55(52-63-57(60)49-44-39-34-29-25-24-27-32-37-42-47-54(5)7-2)64-58(61)50-45-40-35-30-23-20-18-16-14-13-15-17-19-22-26-31-36-41-46-53(3)4/h53-55H,6-52H2,1-5H3/t54?,55-/m0/s1. The van der Waals surface area contributed by atoms with Crippen LogP contribution in [0.1, 0.15) is 324 Å². The smallest absolute Gasteiger partial charge is 0.306 e. The second-order valence-electron chi connectivity index (χ2n) is 20.6. The molecule has 0 aliphatic heterocycles. The second kappa shape index (κ2) is 50.8. The zero-order chi connectivity index (χ0) is 46.8. The maximum Gasteiger partial charge on any atom is 0.306 e. The van der Waals surface area contributed by atoms with Crippen LogP contribution in [0.4, 0.5) is 0 Å². The van der Waals surface area contributed by atoms with Crippen LogP contribution in [-0.2, 0) is 28.6 Å². The Bertz CT molecular complexity index is 980. The van der Waals surface area contributed by atoms with Crippen LogP contribution >= 0.6 is 0 Å². The summed E-state index contributed by atoms with van der Waals surface area (Å²) in [6, 6.07) is 0. The maximum absolute atomic E-state index is 12.8. The third kappa shape index (κ3) is 49.8. The Balaban J connectivity index is 4.24. The van der Waals surface area contributed by atoms with Crippen LogP contribution in [0.5, 0.6) is 0 Å². The Hall–Kier alpha value is -1.59. The van der Waals surface area contributed by atoms with E-state index in [4.69, 9.17) is 14.2 Å². The van der Waals surface area contributed by atoms with E-state index in [1.165, 1.54) is 212 Å². The van der Waals surface area contributed by atoms with Gasteiger partial charge in [0.05, 0.1) is 0 Å². The lowest BCUT2D eigenvalue weighted by molar-refractivity contribution is -0.167. The molecule has 0 saturated carbocycles. The number of hydrogen-bond acceptors (Lipinski definition) is 6. The molecule has 0 aromatic carbocycles. The number of hydrogen-bond donors (Lipinski definition) is 0. The minimum absolute atomic E-state index is 0.0630. The first-order valence-corrected chi connectivity index (χ1v) is 28.8. The van der Waals surface area contributed by atoms with Crippen LogP contribution in [0.3, 0.4) is 0 Å². The third-order valence-electron chi connectivity index (χ3n) is 13.6. The molecule has 0 heterocycles. The first-order valence-electron chi connectivity index (χ1n) is 28.8. The SMILES string of the molecule is CCCCCCCCCCCCCC(=O)OC[C@@H](COC(=O)CCCCCCCCCCCCC(C)CC)OC(=O)CCCCCCCCCCCCCCCCCCCCC(C)C. The van der Waals surface area contributed by atoms with E-state index in [1.54, 1.807) is 0 Å². The first kappa shape index (κ1) is 62.4. The summed E-state index contributed by atoms with van der Waals surface area (Å²) < 4.78 is 16.9. The molecule has 6 nitrogen and oxygen atoms in total. The number of rotatable bonds is 52. The lowest BCUT2D eigenvalue weighted by atomic mass is 9.99. The van der Waals surface area contributed by atoms with Gasteiger partial charge in [0.1, 0.15) is 13.2 Å². The number of carbonyl (C=O) groups is 3. The van der Waals surface area contributed by atoms with E-state index in [1.807, 2.05) is 0 Å². The van der Waals surface area contributed by atoms with Crippen molar-refractivity contribution in [1.29, 1.82) is 0 Å². The van der Waals surface area contributed by atoms with E-state index in [-0.39, 0.29) is 31.1 Å². The molecule has 0 rings (SSSR count). The minimum atomic E-state index is -0.762. The zero-order valence-electron chi connectivity index (χ0n) is 43.9. The van der Waals surface area contributed by atoms with Crippen LogP contribution in [0.15, 0.2) is 0 Å². The van der Waals surface area contributed by atoms with Crippen LogP contribution < -0.4 is 0 Å². The zero-order valence-corrected chi connectivity index (χ0v) is 43.9. The van der Waals surface area contributed by atoms with Crippen molar-refractivity contribution in [2.45, 2.75) is 330 Å². The quantitative estimate of drug-likeness (QED) is 0.0344. The van der Waals surface area contributed by atoms with Crippen molar-refractivity contribution < 1.29 is 28.6 Å². The maximum atomic E-state index is 12.8. The molecule has 0 saturated heterocycles. The van der Waals surface area contributed by atoms with Gasteiger partial charge >= 0.3 is 17.9 Å². The average molecular weight is 906 g/mol. The minimum Gasteiger partial charge on any atom is -0.462 e. The van der Waals surface area contributed by atoms with Crippen molar-refractivity contribution >= 4 is 17.9 Å². The number of unbranched alkanes of at least 4 members (excludes halogenated alkanes) is 36. The van der Waals surface area contributed by atoms with E-state index in [9.17, 15) is 14.4 Å². The second-order valence-corrected chi connectivity index (χ2v) is 20.6. The Morgan fingerprint density at radius 3 is 0.891 bits per heavy atom. The molecule has 0 aromatic heterocycles. The van der Waals surface area contributed by atoms with E-state index < -0.39 is 6.10 Å². The molecule has 0 aliphatic rings. The van der Waals surface area contributed by atoms with E-state index in [0.29, 0.717) is 19.3 Å². The predicted molar refractivity (Wildman–Crippen MR) is 275 cm³/mol. The molecular weight excluding hydrogens is 793 g/mol. The van der Waals surface area contributed by atoms with Gasteiger partial charge in [-0.05, 0) is 31.1 Å². The summed E-state index contributed by atoms with van der Waals surface area (Å²) in [6.45, 7) is 11.4. The van der Waals surface area contributed by atoms with Crippen molar-refractivity contribution in [2.24, 2.45) is 11.8 Å². The Labute approximate surface area is 399 Å². The summed E-state index contributed by atoms with van der Waals surface area (Å²) in [7, 11) is 0. The largest absolute Gasteiger partial charge is 0.462 e. The Kier molecular flexibility index (Phi) is 49.6. The highest BCUT2D eigenvalue weighted by molar-refractivity contribution is 5.71. The van der Waals surface area contributed by atoms with Gasteiger partial charge < -0.3 is 14.2 Å². The molecule has 0 aromatic rings. The molecule has 380 valence electrons. The van der Waals surface area contributed by atoms with Gasteiger partial charge in [-0.2, -0.15) is 0 Å².